The van der Waals surface area contributed by atoms with Crippen LogP contribution in [-0.4, -0.2) is 24.5 Å². The standard InChI is InChI=1S/C18H25FN4S/c1-5-13-10-21-16(24-13)11-22-17(20-4)23-12-18(2,3)14-8-6-7-9-15(14)19/h6-10H,5,11-12H2,1-4H3,(H2,20,22,23). The molecule has 2 N–H and O–H groups in total. The fourth-order valence-electron chi connectivity index (χ4n) is 2.38. The summed E-state index contributed by atoms with van der Waals surface area (Å²) in [6.45, 7) is 7.35. The molecule has 0 amide bonds. The summed E-state index contributed by atoms with van der Waals surface area (Å²) in [7, 11) is 1.73. The molecule has 0 atom stereocenters. The monoisotopic (exact) mass is 348 g/mol. The van der Waals surface area contributed by atoms with Crippen LogP contribution in [0, 0.1) is 5.82 Å². The highest BCUT2D eigenvalue weighted by molar-refractivity contribution is 7.11. The number of nitrogens with one attached hydrogen (secondary N) is 2. The van der Waals surface area contributed by atoms with E-state index in [4.69, 9.17) is 0 Å². The fraction of sp³-hybridized carbons (Fsp3) is 0.444. The van der Waals surface area contributed by atoms with Gasteiger partial charge in [-0.15, -0.1) is 11.3 Å². The maximum atomic E-state index is 14.0. The van der Waals surface area contributed by atoms with Gasteiger partial charge in [-0.2, -0.15) is 0 Å². The largest absolute Gasteiger partial charge is 0.356 e. The second-order valence-electron chi connectivity index (χ2n) is 6.22. The molecule has 0 radical (unpaired) electrons. The molecule has 0 spiro atoms. The number of aryl methyl sites for hydroxylation is 1. The molecule has 2 rings (SSSR count). The molecule has 130 valence electrons. The van der Waals surface area contributed by atoms with Crippen molar-refractivity contribution < 1.29 is 4.39 Å². The van der Waals surface area contributed by atoms with Crippen molar-refractivity contribution in [1.29, 1.82) is 0 Å². The molecule has 4 nitrogen and oxygen atoms in total. The zero-order valence-corrected chi connectivity index (χ0v) is 15.5. The van der Waals surface area contributed by atoms with E-state index in [-0.39, 0.29) is 11.2 Å². The van der Waals surface area contributed by atoms with E-state index in [1.165, 1.54) is 10.9 Å². The zero-order chi connectivity index (χ0) is 17.6. The molecule has 6 heteroatoms. The van der Waals surface area contributed by atoms with Crippen molar-refractivity contribution in [3.05, 3.63) is 51.7 Å². The van der Waals surface area contributed by atoms with Gasteiger partial charge in [0.1, 0.15) is 10.8 Å². The van der Waals surface area contributed by atoms with Gasteiger partial charge >= 0.3 is 0 Å². The molecular formula is C18H25FN4S. The highest BCUT2D eigenvalue weighted by atomic mass is 32.1. The Balaban J connectivity index is 1.92. The molecule has 1 aromatic heterocycles. The number of aliphatic imine (C=N–C) groups is 1. The minimum atomic E-state index is -0.348. The molecule has 0 aliphatic carbocycles. The van der Waals surface area contributed by atoms with Crippen molar-refractivity contribution in [3.63, 3.8) is 0 Å². The average molecular weight is 348 g/mol. The molecule has 24 heavy (non-hydrogen) atoms. The first-order valence-corrected chi connectivity index (χ1v) is 8.91. The molecule has 0 aliphatic heterocycles. The molecule has 2 aromatic rings. The average Bonchev–Trinajstić information content (AvgIpc) is 3.03. The first-order chi connectivity index (χ1) is 11.5. The van der Waals surface area contributed by atoms with Gasteiger partial charge in [0, 0.05) is 30.1 Å². The summed E-state index contributed by atoms with van der Waals surface area (Å²) in [6.07, 6.45) is 2.92. The van der Waals surface area contributed by atoms with E-state index in [0.29, 0.717) is 24.6 Å². The van der Waals surface area contributed by atoms with Gasteiger partial charge < -0.3 is 10.6 Å². The quantitative estimate of drug-likeness (QED) is 0.621. The predicted octanol–water partition coefficient (Wildman–Crippen LogP) is 3.49. The molecular weight excluding hydrogens is 323 g/mol. The molecule has 0 aliphatic rings. The summed E-state index contributed by atoms with van der Waals surface area (Å²) in [5, 5.41) is 7.56. The highest BCUT2D eigenvalue weighted by Crippen LogP contribution is 2.24. The van der Waals surface area contributed by atoms with Crippen LogP contribution in [0.3, 0.4) is 0 Å². The number of guanidine groups is 1. The van der Waals surface area contributed by atoms with Crippen LogP contribution in [0.1, 0.15) is 36.2 Å². The highest BCUT2D eigenvalue weighted by Gasteiger charge is 2.24. The van der Waals surface area contributed by atoms with E-state index in [1.54, 1.807) is 24.5 Å². The third kappa shape index (κ3) is 4.77. The Morgan fingerprint density at radius 1 is 1.29 bits per heavy atom. The topological polar surface area (TPSA) is 49.3 Å². The van der Waals surface area contributed by atoms with E-state index in [0.717, 1.165) is 11.4 Å². The third-order valence-corrected chi connectivity index (χ3v) is 5.02. The zero-order valence-electron chi connectivity index (χ0n) is 14.7. The van der Waals surface area contributed by atoms with Crippen molar-refractivity contribution >= 4 is 17.3 Å². The first kappa shape index (κ1) is 18.4. The van der Waals surface area contributed by atoms with E-state index in [9.17, 15) is 4.39 Å². The fourth-order valence-corrected chi connectivity index (χ4v) is 3.19. The molecule has 0 saturated heterocycles. The molecule has 0 fully saturated rings. The third-order valence-electron chi connectivity index (χ3n) is 3.88. The number of aromatic nitrogens is 1. The summed E-state index contributed by atoms with van der Waals surface area (Å²) < 4.78 is 14.0. The van der Waals surface area contributed by atoms with Crippen LogP contribution in [0.15, 0.2) is 35.5 Å². The van der Waals surface area contributed by atoms with Gasteiger partial charge in [-0.3, -0.25) is 4.99 Å². The van der Waals surface area contributed by atoms with Crippen LogP contribution >= 0.6 is 11.3 Å². The van der Waals surface area contributed by atoms with E-state index in [2.05, 4.69) is 27.5 Å². The summed E-state index contributed by atoms with van der Waals surface area (Å²) in [4.78, 5) is 9.89. The minimum absolute atomic E-state index is 0.179. The van der Waals surface area contributed by atoms with Gasteiger partial charge in [0.05, 0.1) is 6.54 Å². The number of hydrogen-bond acceptors (Lipinski definition) is 3. The number of thiazole rings is 1. The molecule has 0 bridgehead atoms. The van der Waals surface area contributed by atoms with Crippen LogP contribution in [0.25, 0.3) is 0 Å². The predicted molar refractivity (Wildman–Crippen MR) is 99.1 cm³/mol. The van der Waals surface area contributed by atoms with E-state index < -0.39 is 0 Å². The first-order valence-electron chi connectivity index (χ1n) is 8.09. The Bertz CT molecular complexity index is 694. The van der Waals surface area contributed by atoms with E-state index >= 15 is 0 Å². The van der Waals surface area contributed by atoms with Gasteiger partial charge in [0.2, 0.25) is 0 Å². The second kappa shape index (κ2) is 8.24. The Hall–Kier alpha value is -1.95. The van der Waals surface area contributed by atoms with E-state index in [1.807, 2.05) is 32.2 Å². The van der Waals surface area contributed by atoms with Crippen LogP contribution in [0.4, 0.5) is 4.39 Å². The maximum absolute atomic E-state index is 14.0. The lowest BCUT2D eigenvalue weighted by Crippen LogP contribution is -2.43. The minimum Gasteiger partial charge on any atom is -0.356 e. The van der Waals surface area contributed by atoms with Crippen molar-refractivity contribution in [3.8, 4) is 0 Å². The van der Waals surface area contributed by atoms with Gasteiger partial charge in [-0.05, 0) is 18.1 Å². The maximum Gasteiger partial charge on any atom is 0.191 e. The molecule has 1 aromatic carbocycles. The summed E-state index contributed by atoms with van der Waals surface area (Å²) in [5.74, 6) is 0.509. The lowest BCUT2D eigenvalue weighted by molar-refractivity contribution is 0.473. The molecule has 1 heterocycles. The Morgan fingerprint density at radius 2 is 2.04 bits per heavy atom. The lowest BCUT2D eigenvalue weighted by atomic mass is 9.84. The SMILES string of the molecule is CCc1cnc(CNC(=NC)NCC(C)(C)c2ccccc2F)s1. The van der Waals surface area contributed by atoms with Gasteiger partial charge in [0.25, 0.3) is 0 Å². The van der Waals surface area contributed by atoms with Crippen molar-refractivity contribution in [2.45, 2.75) is 39.2 Å². The number of hydrogen-bond donors (Lipinski definition) is 2. The second-order valence-corrected chi connectivity index (χ2v) is 7.42. The van der Waals surface area contributed by atoms with Crippen molar-refractivity contribution in [2.75, 3.05) is 13.6 Å². The Labute approximate surface area is 147 Å². The number of halogens is 1. The summed E-state index contributed by atoms with van der Waals surface area (Å²) >= 11 is 1.70. The smallest absolute Gasteiger partial charge is 0.191 e. The number of rotatable bonds is 6. The Morgan fingerprint density at radius 3 is 2.67 bits per heavy atom. The molecule has 0 unspecified atom stereocenters. The Kier molecular flexibility index (Phi) is 6.31. The van der Waals surface area contributed by atoms with Crippen molar-refractivity contribution in [1.82, 2.24) is 15.6 Å². The summed E-state index contributed by atoms with van der Waals surface area (Å²) in [5.41, 5.74) is 0.347. The summed E-state index contributed by atoms with van der Waals surface area (Å²) in [6, 6.07) is 6.90. The van der Waals surface area contributed by atoms with Crippen LogP contribution in [0.5, 0.6) is 0 Å². The van der Waals surface area contributed by atoms with Gasteiger partial charge in [-0.25, -0.2) is 9.37 Å². The van der Waals surface area contributed by atoms with Crippen LogP contribution in [-0.2, 0) is 18.4 Å². The van der Waals surface area contributed by atoms with Gasteiger partial charge in [0.15, 0.2) is 5.96 Å². The number of nitrogens with zero attached hydrogens (tertiary/aromatic N) is 2. The van der Waals surface area contributed by atoms with Crippen molar-refractivity contribution in [2.24, 2.45) is 4.99 Å². The normalized spacial score (nSPS) is 12.3. The lowest BCUT2D eigenvalue weighted by Gasteiger charge is -2.27. The molecule has 0 saturated carbocycles. The number of benzene rings is 1. The van der Waals surface area contributed by atoms with Gasteiger partial charge in [-0.1, -0.05) is 39.0 Å². The van der Waals surface area contributed by atoms with Crippen LogP contribution < -0.4 is 10.6 Å². The van der Waals surface area contributed by atoms with Crippen LogP contribution in [0.2, 0.25) is 0 Å².